The Morgan fingerprint density at radius 3 is 2.44 bits per heavy atom. The molecule has 4 heteroatoms. The van der Waals surface area contributed by atoms with Crippen molar-refractivity contribution in [2.24, 2.45) is 5.73 Å². The van der Waals surface area contributed by atoms with Gasteiger partial charge in [-0.2, -0.15) is 0 Å². The minimum atomic E-state index is -0.466. The predicted molar refractivity (Wildman–Crippen MR) is 73.5 cm³/mol. The summed E-state index contributed by atoms with van der Waals surface area (Å²) in [4.78, 5) is 11.5. The first kappa shape index (κ1) is 13.4. The zero-order valence-corrected chi connectivity index (χ0v) is 11.9. The Morgan fingerprint density at radius 1 is 1.28 bits per heavy atom. The summed E-state index contributed by atoms with van der Waals surface area (Å²) in [6.07, 6.45) is 2.36. The standard InChI is InChI=1S/C14H24N4/c1-10-9-12(11-5-7-18(4)8-6-11)17-13(16-10)14(2,3)15/h9,11H,5-8,15H2,1-4H3. The number of likely N-dealkylation sites (tertiary alicyclic amines) is 1. The number of aromatic nitrogens is 2. The molecule has 1 fully saturated rings. The van der Waals surface area contributed by atoms with Gasteiger partial charge in [0.25, 0.3) is 0 Å². The first-order valence-corrected chi connectivity index (χ1v) is 6.70. The van der Waals surface area contributed by atoms with Gasteiger partial charge in [0.15, 0.2) is 0 Å². The van der Waals surface area contributed by atoms with Crippen LogP contribution in [-0.4, -0.2) is 35.0 Å². The fourth-order valence-corrected chi connectivity index (χ4v) is 2.39. The fourth-order valence-electron chi connectivity index (χ4n) is 2.39. The van der Waals surface area contributed by atoms with Gasteiger partial charge in [0, 0.05) is 17.3 Å². The molecule has 1 aromatic heterocycles. The highest BCUT2D eigenvalue weighted by molar-refractivity contribution is 5.17. The summed E-state index contributed by atoms with van der Waals surface area (Å²) in [5.41, 5.74) is 7.84. The first-order valence-electron chi connectivity index (χ1n) is 6.70. The van der Waals surface area contributed by atoms with E-state index in [0.29, 0.717) is 5.92 Å². The van der Waals surface area contributed by atoms with Gasteiger partial charge < -0.3 is 10.6 Å². The Labute approximate surface area is 110 Å². The van der Waals surface area contributed by atoms with Gasteiger partial charge in [-0.15, -0.1) is 0 Å². The minimum Gasteiger partial charge on any atom is -0.319 e. The van der Waals surface area contributed by atoms with E-state index in [4.69, 9.17) is 10.7 Å². The van der Waals surface area contributed by atoms with E-state index < -0.39 is 5.54 Å². The van der Waals surface area contributed by atoms with Gasteiger partial charge in [-0.05, 0) is 59.8 Å². The van der Waals surface area contributed by atoms with Crippen LogP contribution in [0.5, 0.6) is 0 Å². The molecular formula is C14H24N4. The molecule has 1 aliphatic rings. The second-order valence-corrected chi connectivity index (χ2v) is 6.06. The van der Waals surface area contributed by atoms with Crippen LogP contribution in [0.15, 0.2) is 6.07 Å². The third-order valence-corrected chi connectivity index (χ3v) is 3.59. The lowest BCUT2D eigenvalue weighted by Crippen LogP contribution is -2.33. The van der Waals surface area contributed by atoms with Crippen LogP contribution in [0.4, 0.5) is 0 Å². The summed E-state index contributed by atoms with van der Waals surface area (Å²) < 4.78 is 0. The van der Waals surface area contributed by atoms with Gasteiger partial charge in [-0.3, -0.25) is 0 Å². The maximum absolute atomic E-state index is 6.11. The third-order valence-electron chi connectivity index (χ3n) is 3.59. The Balaban J connectivity index is 2.25. The lowest BCUT2D eigenvalue weighted by molar-refractivity contribution is 0.252. The van der Waals surface area contributed by atoms with Crippen LogP contribution in [0.3, 0.4) is 0 Å². The number of hydrogen-bond acceptors (Lipinski definition) is 4. The molecule has 0 spiro atoms. The number of aryl methyl sites for hydroxylation is 1. The van der Waals surface area contributed by atoms with Crippen LogP contribution in [0.1, 0.15) is 49.8 Å². The molecule has 0 unspecified atom stereocenters. The van der Waals surface area contributed by atoms with Crippen LogP contribution in [0.25, 0.3) is 0 Å². The van der Waals surface area contributed by atoms with Crippen LogP contribution < -0.4 is 5.73 Å². The lowest BCUT2D eigenvalue weighted by atomic mass is 9.92. The van der Waals surface area contributed by atoms with E-state index in [1.54, 1.807) is 0 Å². The number of piperidine rings is 1. The molecule has 2 N–H and O–H groups in total. The van der Waals surface area contributed by atoms with Gasteiger partial charge in [0.05, 0.1) is 5.54 Å². The third kappa shape index (κ3) is 3.06. The maximum atomic E-state index is 6.11. The zero-order chi connectivity index (χ0) is 13.3. The summed E-state index contributed by atoms with van der Waals surface area (Å²) in [5, 5.41) is 0. The fraction of sp³-hybridized carbons (Fsp3) is 0.714. The van der Waals surface area contributed by atoms with Crippen molar-refractivity contribution < 1.29 is 0 Å². The summed E-state index contributed by atoms with van der Waals surface area (Å²) in [7, 11) is 2.18. The van der Waals surface area contributed by atoms with Crippen molar-refractivity contribution in [3.05, 3.63) is 23.3 Å². The van der Waals surface area contributed by atoms with E-state index in [1.807, 2.05) is 20.8 Å². The van der Waals surface area contributed by atoms with Gasteiger partial charge in [-0.1, -0.05) is 0 Å². The second-order valence-electron chi connectivity index (χ2n) is 6.06. The van der Waals surface area contributed by atoms with Crippen LogP contribution in [0, 0.1) is 6.92 Å². The monoisotopic (exact) mass is 248 g/mol. The average Bonchev–Trinajstić information content (AvgIpc) is 2.28. The van der Waals surface area contributed by atoms with Crippen molar-refractivity contribution in [3.63, 3.8) is 0 Å². The van der Waals surface area contributed by atoms with E-state index in [2.05, 4.69) is 23.0 Å². The molecule has 0 amide bonds. The molecule has 0 saturated carbocycles. The summed E-state index contributed by atoms with van der Waals surface area (Å²) >= 11 is 0. The molecule has 0 atom stereocenters. The van der Waals surface area contributed by atoms with E-state index >= 15 is 0 Å². The van der Waals surface area contributed by atoms with Gasteiger partial charge in [0.2, 0.25) is 0 Å². The topological polar surface area (TPSA) is 55.0 Å². The molecule has 0 bridgehead atoms. The van der Waals surface area contributed by atoms with Crippen LogP contribution in [0.2, 0.25) is 0 Å². The predicted octanol–water partition coefficient (Wildman–Crippen LogP) is 1.79. The Bertz CT molecular complexity index is 414. The van der Waals surface area contributed by atoms with Crippen molar-refractivity contribution in [1.29, 1.82) is 0 Å². The summed E-state index contributed by atoms with van der Waals surface area (Å²) in [6, 6.07) is 2.12. The van der Waals surface area contributed by atoms with E-state index in [9.17, 15) is 0 Å². The molecule has 2 heterocycles. The molecule has 0 radical (unpaired) electrons. The zero-order valence-electron chi connectivity index (χ0n) is 11.9. The quantitative estimate of drug-likeness (QED) is 0.867. The molecule has 2 rings (SSSR count). The Hall–Kier alpha value is -1.00. The van der Waals surface area contributed by atoms with Gasteiger partial charge in [-0.25, -0.2) is 9.97 Å². The van der Waals surface area contributed by atoms with Gasteiger partial charge >= 0.3 is 0 Å². The van der Waals surface area contributed by atoms with Crippen molar-refractivity contribution in [2.45, 2.75) is 45.1 Å². The summed E-state index contributed by atoms with van der Waals surface area (Å²) in [5.74, 6) is 1.32. The smallest absolute Gasteiger partial charge is 0.148 e. The molecule has 0 aromatic carbocycles. The molecule has 1 aliphatic heterocycles. The number of hydrogen-bond donors (Lipinski definition) is 1. The molecule has 1 saturated heterocycles. The summed E-state index contributed by atoms with van der Waals surface area (Å²) in [6.45, 7) is 8.24. The molecule has 100 valence electrons. The van der Waals surface area contributed by atoms with E-state index in [-0.39, 0.29) is 0 Å². The molecule has 18 heavy (non-hydrogen) atoms. The molecule has 0 aliphatic carbocycles. The van der Waals surface area contributed by atoms with E-state index in [0.717, 1.165) is 24.6 Å². The molecular weight excluding hydrogens is 224 g/mol. The molecule has 1 aromatic rings. The largest absolute Gasteiger partial charge is 0.319 e. The molecule has 4 nitrogen and oxygen atoms in total. The minimum absolute atomic E-state index is 0.466. The Kier molecular flexibility index (Phi) is 3.69. The maximum Gasteiger partial charge on any atom is 0.148 e. The SMILES string of the molecule is Cc1cc(C2CCN(C)CC2)nc(C(C)(C)N)n1. The van der Waals surface area contributed by atoms with Crippen molar-refractivity contribution in [3.8, 4) is 0 Å². The number of nitrogens with zero attached hydrogens (tertiary/aromatic N) is 3. The number of nitrogens with two attached hydrogens (primary N) is 1. The van der Waals surface area contributed by atoms with E-state index in [1.165, 1.54) is 18.5 Å². The lowest BCUT2D eigenvalue weighted by Gasteiger charge is -2.29. The van der Waals surface area contributed by atoms with Crippen LogP contribution >= 0.6 is 0 Å². The number of rotatable bonds is 2. The van der Waals surface area contributed by atoms with Crippen LogP contribution in [-0.2, 0) is 5.54 Å². The highest BCUT2D eigenvalue weighted by atomic mass is 15.1. The second kappa shape index (κ2) is 4.94. The average molecular weight is 248 g/mol. The van der Waals surface area contributed by atoms with Crippen molar-refractivity contribution >= 4 is 0 Å². The van der Waals surface area contributed by atoms with Crippen molar-refractivity contribution in [2.75, 3.05) is 20.1 Å². The normalized spacial score (nSPS) is 19.2. The van der Waals surface area contributed by atoms with Crippen molar-refractivity contribution in [1.82, 2.24) is 14.9 Å². The first-order chi connectivity index (χ1) is 8.36. The Morgan fingerprint density at radius 2 is 1.89 bits per heavy atom. The van der Waals surface area contributed by atoms with Gasteiger partial charge in [0.1, 0.15) is 5.82 Å². The highest BCUT2D eigenvalue weighted by Gasteiger charge is 2.23. The highest BCUT2D eigenvalue weighted by Crippen LogP contribution is 2.27.